The van der Waals surface area contributed by atoms with E-state index < -0.39 is 0 Å². The number of hydrogen-bond acceptors (Lipinski definition) is 4. The Morgan fingerprint density at radius 2 is 2.18 bits per heavy atom. The lowest BCUT2D eigenvalue weighted by molar-refractivity contribution is -0.129. The third-order valence-electron chi connectivity index (χ3n) is 4.52. The third-order valence-corrected chi connectivity index (χ3v) is 4.52. The van der Waals surface area contributed by atoms with E-state index in [0.29, 0.717) is 19.4 Å². The van der Waals surface area contributed by atoms with Crippen molar-refractivity contribution in [2.45, 2.75) is 58.0 Å². The fourth-order valence-electron chi connectivity index (χ4n) is 3.18. The highest BCUT2D eigenvalue weighted by Gasteiger charge is 2.27. The molecule has 1 aromatic heterocycles. The van der Waals surface area contributed by atoms with Gasteiger partial charge in [0.15, 0.2) is 5.82 Å². The van der Waals surface area contributed by atoms with E-state index in [9.17, 15) is 9.59 Å². The summed E-state index contributed by atoms with van der Waals surface area (Å²) >= 11 is 0. The van der Waals surface area contributed by atoms with Crippen LogP contribution in [0.3, 0.4) is 0 Å². The first-order valence-electron chi connectivity index (χ1n) is 8.14. The van der Waals surface area contributed by atoms with Crippen molar-refractivity contribution in [1.82, 2.24) is 25.4 Å². The van der Waals surface area contributed by atoms with Gasteiger partial charge in [-0.2, -0.15) is 0 Å². The fourth-order valence-corrected chi connectivity index (χ4v) is 3.18. The van der Waals surface area contributed by atoms with Crippen LogP contribution in [0.25, 0.3) is 0 Å². The van der Waals surface area contributed by atoms with Crippen LogP contribution in [-0.2, 0) is 22.6 Å². The minimum Gasteiger partial charge on any atom is -0.355 e. The molecule has 0 bridgehead atoms. The fraction of sp³-hybridized carbons (Fsp3) is 0.733. The lowest BCUT2D eigenvalue weighted by Gasteiger charge is -2.23. The van der Waals surface area contributed by atoms with Gasteiger partial charge in [-0.3, -0.25) is 9.59 Å². The maximum absolute atomic E-state index is 12.3. The van der Waals surface area contributed by atoms with E-state index in [1.54, 1.807) is 0 Å². The second kappa shape index (κ2) is 6.46. The third kappa shape index (κ3) is 3.13. The molecule has 0 spiro atoms. The van der Waals surface area contributed by atoms with Crippen molar-refractivity contribution in [2.24, 2.45) is 5.92 Å². The summed E-state index contributed by atoms with van der Waals surface area (Å²) in [5.41, 5.74) is 0. The molecule has 3 heterocycles. The summed E-state index contributed by atoms with van der Waals surface area (Å²) in [5, 5.41) is 14.3. The molecule has 1 saturated heterocycles. The molecule has 7 heteroatoms. The van der Waals surface area contributed by atoms with E-state index in [2.05, 4.69) is 25.4 Å². The average Bonchev–Trinajstić information content (AvgIpc) is 2.77. The average molecular weight is 305 g/mol. The first-order valence-corrected chi connectivity index (χ1v) is 8.14. The van der Waals surface area contributed by atoms with Crippen molar-refractivity contribution >= 4 is 11.8 Å². The molecule has 7 nitrogen and oxygen atoms in total. The van der Waals surface area contributed by atoms with Crippen LogP contribution in [-0.4, -0.2) is 33.1 Å². The summed E-state index contributed by atoms with van der Waals surface area (Å²) in [6.45, 7) is 3.30. The molecule has 1 fully saturated rings. The number of rotatable bonds is 3. The van der Waals surface area contributed by atoms with Crippen LogP contribution < -0.4 is 10.6 Å². The molecule has 2 atom stereocenters. The van der Waals surface area contributed by atoms with Gasteiger partial charge in [-0.05, 0) is 26.2 Å². The van der Waals surface area contributed by atoms with Gasteiger partial charge < -0.3 is 15.2 Å². The quantitative estimate of drug-likeness (QED) is 0.860. The molecule has 22 heavy (non-hydrogen) atoms. The van der Waals surface area contributed by atoms with Gasteiger partial charge in [-0.15, -0.1) is 10.2 Å². The predicted octanol–water partition coefficient (Wildman–Crippen LogP) is 0.708. The van der Waals surface area contributed by atoms with Gasteiger partial charge in [0.05, 0.1) is 12.0 Å². The molecule has 3 rings (SSSR count). The summed E-state index contributed by atoms with van der Waals surface area (Å²) in [4.78, 5) is 23.5. The van der Waals surface area contributed by atoms with Crippen LogP contribution in [0, 0.1) is 5.92 Å². The molecule has 0 aliphatic carbocycles. The highest BCUT2D eigenvalue weighted by Crippen LogP contribution is 2.19. The van der Waals surface area contributed by atoms with Crippen LogP contribution in [0.5, 0.6) is 0 Å². The zero-order valence-corrected chi connectivity index (χ0v) is 13.0. The largest absolute Gasteiger partial charge is 0.355 e. The summed E-state index contributed by atoms with van der Waals surface area (Å²) < 4.78 is 2.15. The standard InChI is InChI=1S/C15H23N5O2/c1-10(17-15(22)11-6-7-13(21)16-9-11)14-19-18-12-5-3-2-4-8-20(12)14/h10-11H,2-9H2,1H3,(H,16,21)(H,17,22). The topological polar surface area (TPSA) is 88.9 Å². The Morgan fingerprint density at radius 1 is 1.32 bits per heavy atom. The second-order valence-corrected chi connectivity index (χ2v) is 6.21. The predicted molar refractivity (Wildman–Crippen MR) is 79.9 cm³/mol. The molecule has 120 valence electrons. The Kier molecular flexibility index (Phi) is 4.40. The molecule has 0 radical (unpaired) electrons. The van der Waals surface area contributed by atoms with Gasteiger partial charge in [0, 0.05) is 25.9 Å². The molecular weight excluding hydrogens is 282 g/mol. The van der Waals surface area contributed by atoms with Crippen LogP contribution >= 0.6 is 0 Å². The number of hydrogen-bond donors (Lipinski definition) is 2. The van der Waals surface area contributed by atoms with Gasteiger partial charge >= 0.3 is 0 Å². The molecule has 2 aliphatic heterocycles. The van der Waals surface area contributed by atoms with Crippen molar-refractivity contribution in [3.05, 3.63) is 11.6 Å². The zero-order valence-electron chi connectivity index (χ0n) is 13.0. The smallest absolute Gasteiger partial charge is 0.225 e. The summed E-state index contributed by atoms with van der Waals surface area (Å²) in [7, 11) is 0. The summed E-state index contributed by atoms with van der Waals surface area (Å²) in [5.74, 6) is 1.73. The Morgan fingerprint density at radius 3 is 2.95 bits per heavy atom. The first-order chi connectivity index (χ1) is 10.6. The van der Waals surface area contributed by atoms with Gasteiger partial charge in [0.25, 0.3) is 0 Å². The monoisotopic (exact) mass is 305 g/mol. The molecular formula is C15H23N5O2. The highest BCUT2D eigenvalue weighted by atomic mass is 16.2. The Bertz CT molecular complexity index is 558. The van der Waals surface area contributed by atoms with E-state index in [4.69, 9.17) is 0 Å². The SMILES string of the molecule is CC(NC(=O)C1CCC(=O)NC1)c1nnc2n1CCCCC2. The Hall–Kier alpha value is -1.92. The minimum absolute atomic E-state index is 0.0153. The molecule has 0 aromatic carbocycles. The van der Waals surface area contributed by atoms with Crippen molar-refractivity contribution in [3.8, 4) is 0 Å². The lowest BCUT2D eigenvalue weighted by atomic mass is 9.98. The van der Waals surface area contributed by atoms with Crippen LogP contribution in [0.2, 0.25) is 0 Å². The minimum atomic E-state index is -0.163. The number of carbonyl (C=O) groups is 2. The Labute approximate surface area is 129 Å². The van der Waals surface area contributed by atoms with E-state index >= 15 is 0 Å². The normalized spacial score (nSPS) is 23.1. The number of carbonyl (C=O) groups excluding carboxylic acids is 2. The highest BCUT2D eigenvalue weighted by molar-refractivity contribution is 5.83. The summed E-state index contributed by atoms with van der Waals surface area (Å²) in [6.07, 6.45) is 5.50. The van der Waals surface area contributed by atoms with Crippen molar-refractivity contribution in [2.75, 3.05) is 6.54 Å². The lowest BCUT2D eigenvalue weighted by Crippen LogP contribution is -2.43. The number of amides is 2. The second-order valence-electron chi connectivity index (χ2n) is 6.21. The van der Waals surface area contributed by atoms with E-state index in [1.165, 1.54) is 6.42 Å². The number of nitrogens with zero attached hydrogens (tertiary/aromatic N) is 3. The first kappa shape index (κ1) is 15.0. The van der Waals surface area contributed by atoms with Gasteiger partial charge in [0.2, 0.25) is 11.8 Å². The van der Waals surface area contributed by atoms with Crippen LogP contribution in [0.4, 0.5) is 0 Å². The van der Waals surface area contributed by atoms with Crippen LogP contribution in [0.15, 0.2) is 0 Å². The Balaban J connectivity index is 1.64. The van der Waals surface area contributed by atoms with Crippen molar-refractivity contribution < 1.29 is 9.59 Å². The van der Waals surface area contributed by atoms with Gasteiger partial charge in [-0.1, -0.05) is 6.42 Å². The van der Waals surface area contributed by atoms with E-state index in [0.717, 1.165) is 37.5 Å². The van der Waals surface area contributed by atoms with E-state index in [-0.39, 0.29) is 23.8 Å². The number of aryl methyl sites for hydroxylation is 1. The molecule has 2 unspecified atom stereocenters. The maximum atomic E-state index is 12.3. The van der Waals surface area contributed by atoms with Gasteiger partial charge in [-0.25, -0.2) is 0 Å². The summed E-state index contributed by atoms with van der Waals surface area (Å²) in [6, 6.07) is -0.163. The zero-order chi connectivity index (χ0) is 15.5. The number of nitrogens with one attached hydrogen (secondary N) is 2. The molecule has 0 saturated carbocycles. The molecule has 2 aliphatic rings. The maximum Gasteiger partial charge on any atom is 0.225 e. The molecule has 1 aromatic rings. The number of aromatic nitrogens is 3. The van der Waals surface area contributed by atoms with Crippen molar-refractivity contribution in [3.63, 3.8) is 0 Å². The van der Waals surface area contributed by atoms with Crippen LogP contribution in [0.1, 0.15) is 56.7 Å². The van der Waals surface area contributed by atoms with Crippen molar-refractivity contribution in [1.29, 1.82) is 0 Å². The van der Waals surface area contributed by atoms with E-state index in [1.807, 2.05) is 6.92 Å². The molecule has 2 amide bonds. The molecule has 2 N–H and O–H groups in total. The number of piperidine rings is 1. The number of fused-ring (bicyclic) bond motifs is 1. The van der Waals surface area contributed by atoms with Gasteiger partial charge in [0.1, 0.15) is 5.82 Å².